The number of benzene rings is 2. The number of hydrogen-bond donors (Lipinski definition) is 1. The second-order valence-electron chi connectivity index (χ2n) is 7.29. The summed E-state index contributed by atoms with van der Waals surface area (Å²) in [5.41, 5.74) is 0.536. The topological polar surface area (TPSA) is 77.0 Å². The minimum Gasteiger partial charge on any atom is -0.318 e. The van der Waals surface area contributed by atoms with E-state index >= 15 is 0 Å². The summed E-state index contributed by atoms with van der Waals surface area (Å²) in [6.07, 6.45) is -4.56. The monoisotopic (exact) mass is 525 g/mol. The first-order chi connectivity index (χ1) is 16.0. The van der Waals surface area contributed by atoms with Gasteiger partial charge in [0.15, 0.2) is 6.29 Å². The molecule has 1 aliphatic rings. The van der Waals surface area contributed by atoms with Gasteiger partial charge in [0.25, 0.3) is 5.56 Å². The first-order valence-corrected chi connectivity index (χ1v) is 11.2. The number of nitrogens with one attached hydrogen (secondary N) is 1. The van der Waals surface area contributed by atoms with Crippen LogP contribution in [0.25, 0.3) is 0 Å². The molecule has 2 aromatic carbocycles. The summed E-state index contributed by atoms with van der Waals surface area (Å²) < 4.78 is 38.3. The summed E-state index contributed by atoms with van der Waals surface area (Å²) in [5, 5.41) is 9.21. The van der Waals surface area contributed by atoms with Crippen LogP contribution in [0.5, 0.6) is 0 Å². The van der Waals surface area contributed by atoms with E-state index in [4.69, 9.17) is 28.5 Å². The predicted octanol–water partition coefficient (Wildman–Crippen LogP) is 6.17. The number of nitrogens with zero attached hydrogens (tertiary/aromatic N) is 2. The van der Waals surface area contributed by atoms with Gasteiger partial charge in [-0.2, -0.15) is 18.4 Å². The molecule has 0 bridgehead atoms. The highest BCUT2D eigenvalue weighted by Crippen LogP contribution is 2.40. The molecule has 1 aliphatic heterocycles. The van der Waals surface area contributed by atoms with Crippen LogP contribution in [0.2, 0.25) is 10.0 Å². The smallest absolute Gasteiger partial charge is 0.318 e. The van der Waals surface area contributed by atoms with Gasteiger partial charge in [-0.05, 0) is 42.4 Å². The molecule has 1 aromatic heterocycles. The summed E-state index contributed by atoms with van der Waals surface area (Å²) >= 11 is 12.6. The zero-order chi connectivity index (χ0) is 25.0. The van der Waals surface area contributed by atoms with Gasteiger partial charge in [0.05, 0.1) is 27.2 Å². The van der Waals surface area contributed by atoms with Crippen LogP contribution < -0.4 is 5.56 Å². The highest BCUT2D eigenvalue weighted by atomic mass is 35.5. The number of rotatable bonds is 3. The maximum atomic E-state index is 12.8. The lowest BCUT2D eigenvalue weighted by molar-refractivity contribution is -0.141. The zero-order valence-electron chi connectivity index (χ0n) is 17.5. The second-order valence-corrected chi connectivity index (χ2v) is 9.15. The summed E-state index contributed by atoms with van der Waals surface area (Å²) in [6, 6.07) is 13.4. The molecule has 0 saturated carbocycles. The molecule has 0 atom stereocenters. The molecule has 3 aromatic rings. The summed E-state index contributed by atoms with van der Waals surface area (Å²) in [7, 11) is 2.07. The average Bonchev–Trinajstić information content (AvgIpc) is 3.16. The molecule has 0 aliphatic carbocycles. The second kappa shape index (κ2) is 10.7. The lowest BCUT2D eigenvalue weighted by Gasteiger charge is -2.11. The van der Waals surface area contributed by atoms with Gasteiger partial charge in [-0.3, -0.25) is 14.5 Å². The molecule has 0 amide bonds. The number of aromatic amines is 1. The largest absolute Gasteiger partial charge is 0.431 e. The Balaban J connectivity index is 0.000000226. The molecule has 4 rings (SSSR count). The molecule has 11 heteroatoms. The minimum absolute atomic E-state index is 0.180. The number of aldehydes is 1. The molecule has 2 heterocycles. The van der Waals surface area contributed by atoms with Crippen LogP contribution in [0.3, 0.4) is 0 Å². The third-order valence-corrected chi connectivity index (χ3v) is 6.91. The summed E-state index contributed by atoms with van der Waals surface area (Å²) in [4.78, 5) is 26.5. The zero-order valence-corrected chi connectivity index (χ0v) is 19.9. The van der Waals surface area contributed by atoms with Crippen molar-refractivity contribution in [2.75, 3.05) is 7.05 Å². The van der Waals surface area contributed by atoms with E-state index in [1.807, 2.05) is 12.1 Å². The van der Waals surface area contributed by atoms with Crippen LogP contribution in [0, 0.1) is 11.3 Å². The number of carbonyl (C=O) groups excluding carboxylic acids is 1. The number of hydrogen-bond acceptors (Lipinski definition) is 5. The number of halogens is 5. The van der Waals surface area contributed by atoms with Crippen LogP contribution in [0.15, 0.2) is 57.1 Å². The standard InChI is InChI=1S/C13H6Cl2F3NO2S.C10H10N2/c14-7-2-1-3-8(15)11(7)22-9-4-10(13(16,17)18)19-12(21)6(9)5-20;1-12-6-9-4-2-3-8(5-11)10(9)7-12/h1-5H,(H,19,21);2-4H,6-7H2,1H3. The molecule has 0 unspecified atom stereocenters. The van der Waals surface area contributed by atoms with Gasteiger partial charge in [-0.15, -0.1) is 0 Å². The van der Waals surface area contributed by atoms with E-state index in [2.05, 4.69) is 24.1 Å². The van der Waals surface area contributed by atoms with Crippen molar-refractivity contribution >= 4 is 41.2 Å². The Morgan fingerprint density at radius 2 is 1.79 bits per heavy atom. The molecule has 1 N–H and O–H groups in total. The summed E-state index contributed by atoms with van der Waals surface area (Å²) in [5.74, 6) is 0. The van der Waals surface area contributed by atoms with Crippen LogP contribution in [-0.4, -0.2) is 23.2 Å². The van der Waals surface area contributed by atoms with Crippen molar-refractivity contribution in [3.8, 4) is 6.07 Å². The number of pyridine rings is 1. The molecule has 0 saturated heterocycles. The third kappa shape index (κ3) is 5.83. The van der Waals surface area contributed by atoms with E-state index in [0.717, 1.165) is 30.4 Å². The van der Waals surface area contributed by atoms with Gasteiger partial charge in [-0.1, -0.05) is 53.2 Å². The quantitative estimate of drug-likeness (QED) is 0.414. The van der Waals surface area contributed by atoms with Crippen molar-refractivity contribution in [2.24, 2.45) is 0 Å². The van der Waals surface area contributed by atoms with E-state index in [0.29, 0.717) is 6.07 Å². The Kier molecular flexibility index (Phi) is 8.10. The highest BCUT2D eigenvalue weighted by molar-refractivity contribution is 7.99. The Morgan fingerprint density at radius 1 is 1.15 bits per heavy atom. The first-order valence-electron chi connectivity index (χ1n) is 9.66. The van der Waals surface area contributed by atoms with Crippen molar-refractivity contribution in [1.29, 1.82) is 5.26 Å². The van der Waals surface area contributed by atoms with Gasteiger partial charge >= 0.3 is 6.18 Å². The van der Waals surface area contributed by atoms with Crippen molar-refractivity contribution in [2.45, 2.75) is 29.1 Å². The van der Waals surface area contributed by atoms with E-state index in [9.17, 15) is 22.8 Å². The number of carbonyl (C=O) groups is 1. The van der Waals surface area contributed by atoms with Crippen molar-refractivity contribution < 1.29 is 18.0 Å². The van der Waals surface area contributed by atoms with Gasteiger partial charge in [0.1, 0.15) is 5.69 Å². The number of aromatic nitrogens is 1. The van der Waals surface area contributed by atoms with Crippen molar-refractivity contribution in [1.82, 2.24) is 9.88 Å². The number of alkyl halides is 3. The van der Waals surface area contributed by atoms with Crippen LogP contribution in [-0.2, 0) is 19.3 Å². The Morgan fingerprint density at radius 3 is 2.38 bits per heavy atom. The molecular weight excluding hydrogens is 510 g/mol. The predicted molar refractivity (Wildman–Crippen MR) is 124 cm³/mol. The molecule has 0 fully saturated rings. The lowest BCUT2D eigenvalue weighted by atomic mass is 10.1. The van der Waals surface area contributed by atoms with Gasteiger partial charge in [0.2, 0.25) is 0 Å². The summed E-state index contributed by atoms with van der Waals surface area (Å²) in [6.45, 7) is 1.89. The maximum absolute atomic E-state index is 12.8. The maximum Gasteiger partial charge on any atom is 0.431 e. The van der Waals surface area contributed by atoms with Gasteiger partial charge < -0.3 is 4.98 Å². The van der Waals surface area contributed by atoms with E-state index in [1.54, 1.807) is 11.1 Å². The SMILES string of the molecule is CN1Cc2cccc(C#N)c2C1.O=Cc1c(Sc2c(Cl)cccc2Cl)cc(C(F)(F)F)[nH]c1=O. The van der Waals surface area contributed by atoms with Gasteiger partial charge in [0, 0.05) is 22.9 Å². The molecule has 0 radical (unpaired) electrons. The number of fused-ring (bicyclic) bond motifs is 1. The van der Waals surface area contributed by atoms with Crippen LogP contribution in [0.1, 0.15) is 32.7 Å². The third-order valence-electron chi connectivity index (χ3n) is 4.85. The molecule has 34 heavy (non-hydrogen) atoms. The first kappa shape index (κ1) is 25.8. The molecule has 0 spiro atoms. The van der Waals surface area contributed by atoms with E-state index < -0.39 is 23.0 Å². The van der Waals surface area contributed by atoms with Crippen LogP contribution in [0.4, 0.5) is 13.2 Å². The average molecular weight is 526 g/mol. The van der Waals surface area contributed by atoms with Crippen molar-refractivity contribution in [3.05, 3.63) is 90.8 Å². The number of nitriles is 1. The Hall–Kier alpha value is -2.77. The fourth-order valence-corrected chi connectivity index (χ4v) is 4.88. The van der Waals surface area contributed by atoms with Gasteiger partial charge in [-0.25, -0.2) is 0 Å². The molecule has 5 nitrogen and oxygen atoms in total. The molecular formula is C23H16Cl2F3N3O2S. The van der Waals surface area contributed by atoms with Crippen LogP contribution >= 0.6 is 35.0 Å². The minimum atomic E-state index is -4.75. The Bertz CT molecular complexity index is 1320. The Labute approximate surface area is 207 Å². The fourth-order valence-electron chi connectivity index (χ4n) is 3.28. The van der Waals surface area contributed by atoms with E-state index in [-0.39, 0.29) is 26.1 Å². The fraction of sp³-hybridized carbons (Fsp3) is 0.174. The number of H-pyrrole nitrogens is 1. The lowest BCUT2D eigenvalue weighted by Crippen LogP contribution is -2.20. The van der Waals surface area contributed by atoms with Crippen molar-refractivity contribution in [3.63, 3.8) is 0 Å². The normalized spacial score (nSPS) is 13.0. The molecule has 176 valence electrons. The highest BCUT2D eigenvalue weighted by Gasteiger charge is 2.33. The van der Waals surface area contributed by atoms with E-state index in [1.165, 1.54) is 23.3 Å².